The average Bonchev–Trinajstić information content (AvgIpc) is 2.46. The van der Waals surface area contributed by atoms with E-state index in [9.17, 15) is 4.79 Å². The molecule has 0 heterocycles. The Hall–Kier alpha value is -1.81. The van der Waals surface area contributed by atoms with E-state index in [1.54, 1.807) is 0 Å². The van der Waals surface area contributed by atoms with E-state index in [-0.39, 0.29) is 0 Å². The SMILES string of the molecule is NC(=O)C(Br)c1ccc(OCc2ccccc2)cc1. The predicted molar refractivity (Wildman–Crippen MR) is 78.1 cm³/mol. The normalized spacial score (nSPS) is 11.8. The van der Waals surface area contributed by atoms with Gasteiger partial charge in [-0.1, -0.05) is 58.4 Å². The summed E-state index contributed by atoms with van der Waals surface area (Å²) in [4.78, 5) is 10.6. The highest BCUT2D eigenvalue weighted by Gasteiger charge is 2.13. The number of nitrogens with two attached hydrogens (primary N) is 1. The number of alkyl halides is 1. The molecule has 4 heteroatoms. The minimum absolute atomic E-state index is 0.405. The monoisotopic (exact) mass is 319 g/mol. The van der Waals surface area contributed by atoms with Gasteiger partial charge in [-0.25, -0.2) is 0 Å². The van der Waals surface area contributed by atoms with Crippen molar-refractivity contribution in [2.75, 3.05) is 0 Å². The van der Waals surface area contributed by atoms with Gasteiger partial charge >= 0.3 is 0 Å². The summed E-state index contributed by atoms with van der Waals surface area (Å²) in [6, 6.07) is 17.2. The Morgan fingerprint density at radius 1 is 1.11 bits per heavy atom. The Labute approximate surface area is 120 Å². The highest BCUT2D eigenvalue weighted by Crippen LogP contribution is 2.24. The fourth-order valence-corrected chi connectivity index (χ4v) is 1.94. The van der Waals surface area contributed by atoms with Gasteiger partial charge in [-0.05, 0) is 23.3 Å². The van der Waals surface area contributed by atoms with E-state index in [1.807, 2.05) is 54.6 Å². The topological polar surface area (TPSA) is 52.3 Å². The second-order valence-electron chi connectivity index (χ2n) is 4.11. The smallest absolute Gasteiger partial charge is 0.235 e. The van der Waals surface area contributed by atoms with Gasteiger partial charge in [-0.2, -0.15) is 0 Å². The molecule has 0 aliphatic rings. The third-order valence-corrected chi connectivity index (χ3v) is 3.65. The molecule has 98 valence electrons. The Morgan fingerprint density at radius 2 is 1.74 bits per heavy atom. The Bertz CT molecular complexity index is 540. The van der Waals surface area contributed by atoms with Crippen LogP contribution in [0.4, 0.5) is 0 Å². The minimum Gasteiger partial charge on any atom is -0.489 e. The van der Waals surface area contributed by atoms with Crippen molar-refractivity contribution in [2.45, 2.75) is 11.4 Å². The number of halogens is 1. The lowest BCUT2D eigenvalue weighted by Crippen LogP contribution is -2.16. The Balaban J connectivity index is 1.97. The first kappa shape index (κ1) is 13.6. The first-order valence-corrected chi connectivity index (χ1v) is 6.78. The first-order chi connectivity index (χ1) is 9.16. The number of amides is 1. The van der Waals surface area contributed by atoms with Crippen LogP contribution in [0.3, 0.4) is 0 Å². The van der Waals surface area contributed by atoms with Crippen LogP contribution in [0.25, 0.3) is 0 Å². The van der Waals surface area contributed by atoms with E-state index in [0.717, 1.165) is 16.9 Å². The van der Waals surface area contributed by atoms with E-state index in [4.69, 9.17) is 10.5 Å². The van der Waals surface area contributed by atoms with Crippen LogP contribution in [0.15, 0.2) is 54.6 Å². The maximum Gasteiger partial charge on any atom is 0.235 e. The van der Waals surface area contributed by atoms with Crippen molar-refractivity contribution in [2.24, 2.45) is 5.73 Å². The fourth-order valence-electron chi connectivity index (χ4n) is 1.64. The van der Waals surface area contributed by atoms with Crippen molar-refractivity contribution in [1.82, 2.24) is 0 Å². The number of rotatable bonds is 5. The summed E-state index contributed by atoms with van der Waals surface area (Å²) < 4.78 is 5.66. The standard InChI is InChI=1S/C15H14BrNO2/c16-14(15(17)18)12-6-8-13(9-7-12)19-10-11-4-2-1-3-5-11/h1-9,14H,10H2,(H2,17,18). The summed E-state index contributed by atoms with van der Waals surface area (Å²) in [6.07, 6.45) is 0. The molecule has 3 nitrogen and oxygen atoms in total. The van der Waals surface area contributed by atoms with E-state index in [2.05, 4.69) is 15.9 Å². The van der Waals surface area contributed by atoms with Gasteiger partial charge < -0.3 is 10.5 Å². The van der Waals surface area contributed by atoms with E-state index < -0.39 is 10.7 Å². The highest BCUT2D eigenvalue weighted by molar-refractivity contribution is 9.09. The van der Waals surface area contributed by atoms with Crippen molar-refractivity contribution in [3.8, 4) is 5.75 Å². The van der Waals surface area contributed by atoms with Crippen LogP contribution in [0.1, 0.15) is 16.0 Å². The van der Waals surface area contributed by atoms with Gasteiger partial charge in [0, 0.05) is 0 Å². The van der Waals surface area contributed by atoms with Crippen LogP contribution in [-0.2, 0) is 11.4 Å². The molecule has 19 heavy (non-hydrogen) atoms. The molecule has 2 N–H and O–H groups in total. The van der Waals surface area contributed by atoms with Crippen molar-refractivity contribution in [3.63, 3.8) is 0 Å². The Kier molecular flexibility index (Phi) is 4.58. The lowest BCUT2D eigenvalue weighted by Gasteiger charge is -2.09. The number of primary amides is 1. The average molecular weight is 320 g/mol. The molecular formula is C15H14BrNO2. The third-order valence-electron chi connectivity index (χ3n) is 2.67. The van der Waals surface area contributed by atoms with Crippen molar-refractivity contribution < 1.29 is 9.53 Å². The van der Waals surface area contributed by atoms with Crippen molar-refractivity contribution in [1.29, 1.82) is 0 Å². The van der Waals surface area contributed by atoms with Crippen LogP contribution in [0.2, 0.25) is 0 Å². The van der Waals surface area contributed by atoms with Gasteiger partial charge in [0.15, 0.2) is 0 Å². The van der Waals surface area contributed by atoms with Crippen LogP contribution in [-0.4, -0.2) is 5.91 Å². The lowest BCUT2D eigenvalue weighted by atomic mass is 10.1. The summed E-state index contributed by atoms with van der Waals surface area (Å²) >= 11 is 3.24. The third kappa shape index (κ3) is 3.83. The summed E-state index contributed by atoms with van der Waals surface area (Å²) in [7, 11) is 0. The predicted octanol–water partition coefficient (Wildman–Crippen LogP) is 3.19. The molecule has 2 rings (SSSR count). The molecule has 0 bridgehead atoms. The molecule has 0 spiro atoms. The molecule has 0 aromatic heterocycles. The van der Waals surface area contributed by atoms with Crippen molar-refractivity contribution >= 4 is 21.8 Å². The second-order valence-corrected chi connectivity index (χ2v) is 5.02. The minimum atomic E-state index is -0.462. The van der Waals surface area contributed by atoms with Crippen LogP contribution in [0, 0.1) is 0 Å². The first-order valence-electron chi connectivity index (χ1n) is 5.87. The van der Waals surface area contributed by atoms with E-state index >= 15 is 0 Å². The molecule has 0 aliphatic carbocycles. The molecular weight excluding hydrogens is 306 g/mol. The van der Waals surface area contributed by atoms with Gasteiger partial charge in [0.2, 0.25) is 5.91 Å². The fraction of sp³-hybridized carbons (Fsp3) is 0.133. The van der Waals surface area contributed by atoms with Gasteiger partial charge in [-0.3, -0.25) is 4.79 Å². The summed E-state index contributed by atoms with van der Waals surface area (Å²) in [6.45, 7) is 0.522. The molecule has 2 aromatic rings. The summed E-state index contributed by atoms with van der Waals surface area (Å²) in [5.41, 5.74) is 7.16. The lowest BCUT2D eigenvalue weighted by molar-refractivity contribution is -0.117. The van der Waals surface area contributed by atoms with Crippen LogP contribution in [0.5, 0.6) is 5.75 Å². The molecule has 0 saturated heterocycles. The largest absolute Gasteiger partial charge is 0.489 e. The molecule has 1 amide bonds. The molecule has 1 atom stereocenters. The van der Waals surface area contributed by atoms with E-state index in [0.29, 0.717) is 6.61 Å². The zero-order valence-electron chi connectivity index (χ0n) is 10.3. The second kappa shape index (κ2) is 6.38. The Morgan fingerprint density at radius 3 is 2.32 bits per heavy atom. The number of ether oxygens (including phenoxy) is 1. The zero-order chi connectivity index (χ0) is 13.7. The van der Waals surface area contributed by atoms with Gasteiger partial charge in [0.1, 0.15) is 17.2 Å². The van der Waals surface area contributed by atoms with Crippen LogP contribution < -0.4 is 10.5 Å². The number of hydrogen-bond donors (Lipinski definition) is 1. The van der Waals surface area contributed by atoms with Crippen molar-refractivity contribution in [3.05, 3.63) is 65.7 Å². The van der Waals surface area contributed by atoms with Gasteiger partial charge in [0.05, 0.1) is 0 Å². The summed E-state index contributed by atoms with van der Waals surface area (Å²) in [5, 5.41) is 0. The molecule has 0 radical (unpaired) electrons. The highest BCUT2D eigenvalue weighted by atomic mass is 79.9. The molecule has 1 unspecified atom stereocenters. The quantitative estimate of drug-likeness (QED) is 0.860. The molecule has 2 aromatic carbocycles. The molecule has 0 saturated carbocycles. The van der Waals surface area contributed by atoms with E-state index in [1.165, 1.54) is 0 Å². The van der Waals surface area contributed by atoms with Crippen LogP contribution >= 0.6 is 15.9 Å². The van der Waals surface area contributed by atoms with Gasteiger partial charge in [0.25, 0.3) is 0 Å². The maximum absolute atomic E-state index is 11.0. The van der Waals surface area contributed by atoms with Gasteiger partial charge in [-0.15, -0.1) is 0 Å². The molecule has 0 fully saturated rings. The number of carbonyl (C=O) groups is 1. The number of carbonyl (C=O) groups excluding carboxylic acids is 1. The maximum atomic E-state index is 11.0. The number of benzene rings is 2. The zero-order valence-corrected chi connectivity index (χ0v) is 11.8. The number of hydrogen-bond acceptors (Lipinski definition) is 2. The summed E-state index contributed by atoms with van der Waals surface area (Å²) in [5.74, 6) is 0.356. The molecule has 0 aliphatic heterocycles.